The lowest BCUT2D eigenvalue weighted by Gasteiger charge is -2.27. The number of carbonyl (C=O) groups excluding carboxylic acids is 1. The monoisotopic (exact) mass is 351 g/mol. The van der Waals surface area contributed by atoms with E-state index in [4.69, 9.17) is 0 Å². The molecule has 1 aliphatic heterocycles. The number of aryl methyl sites for hydroxylation is 1. The zero-order valence-electron chi connectivity index (χ0n) is 14.7. The Kier molecular flexibility index (Phi) is 5.10. The first kappa shape index (κ1) is 17.5. The summed E-state index contributed by atoms with van der Waals surface area (Å²) in [6.07, 6.45) is 3.61. The highest BCUT2D eigenvalue weighted by Gasteiger charge is 2.34. The molecule has 2 heterocycles. The maximum absolute atomic E-state index is 12.3. The Hall–Kier alpha value is -2.32. The van der Waals surface area contributed by atoms with Crippen LogP contribution in [0.5, 0.6) is 0 Å². The van der Waals surface area contributed by atoms with Gasteiger partial charge in [-0.05, 0) is 41.7 Å². The molecule has 1 aromatic carbocycles. The number of pyridine rings is 1. The van der Waals surface area contributed by atoms with Gasteiger partial charge in [0.25, 0.3) is 0 Å². The molecule has 0 saturated carbocycles. The normalized spacial score (nSPS) is 17.2. The van der Waals surface area contributed by atoms with Gasteiger partial charge in [-0.1, -0.05) is 26.0 Å². The van der Waals surface area contributed by atoms with Gasteiger partial charge in [0.1, 0.15) is 5.37 Å². The number of aromatic nitrogens is 1. The van der Waals surface area contributed by atoms with E-state index in [9.17, 15) is 10.1 Å². The van der Waals surface area contributed by atoms with Crippen LogP contribution in [0.3, 0.4) is 0 Å². The molecule has 1 fully saturated rings. The topological polar surface area (TPSA) is 57.0 Å². The van der Waals surface area contributed by atoms with Crippen molar-refractivity contribution < 1.29 is 4.79 Å². The minimum Gasteiger partial charge on any atom is -0.325 e. The maximum atomic E-state index is 12.3. The second-order valence-corrected chi connectivity index (χ2v) is 7.78. The first-order valence-corrected chi connectivity index (χ1v) is 9.42. The summed E-state index contributed by atoms with van der Waals surface area (Å²) < 4.78 is 0. The van der Waals surface area contributed by atoms with E-state index in [-0.39, 0.29) is 11.3 Å². The van der Waals surface area contributed by atoms with Crippen molar-refractivity contribution in [1.82, 2.24) is 9.88 Å². The Morgan fingerprint density at radius 2 is 2.20 bits per heavy atom. The number of rotatable bonds is 4. The van der Waals surface area contributed by atoms with E-state index in [0.717, 1.165) is 28.8 Å². The number of benzene rings is 1. The minimum absolute atomic E-state index is 0.0227. The number of nitrogens with zero attached hydrogens (tertiary/aromatic N) is 3. The zero-order chi connectivity index (χ0) is 18.0. The van der Waals surface area contributed by atoms with Crippen LogP contribution in [0.25, 0.3) is 11.1 Å². The van der Waals surface area contributed by atoms with Crippen LogP contribution >= 0.6 is 11.8 Å². The molecule has 0 aliphatic carbocycles. The summed E-state index contributed by atoms with van der Waals surface area (Å²) in [7, 11) is 0. The predicted octanol–water partition coefficient (Wildman–Crippen LogP) is 4.16. The summed E-state index contributed by atoms with van der Waals surface area (Å²) in [4.78, 5) is 18.6. The van der Waals surface area contributed by atoms with Crippen LogP contribution in [-0.4, -0.2) is 28.1 Å². The minimum atomic E-state index is -0.0227. The van der Waals surface area contributed by atoms with E-state index in [1.165, 1.54) is 0 Å². The fraction of sp³-hybridized carbons (Fsp3) is 0.350. The lowest BCUT2D eigenvalue weighted by atomic mass is 9.97. The van der Waals surface area contributed by atoms with Crippen LogP contribution < -0.4 is 0 Å². The van der Waals surface area contributed by atoms with Gasteiger partial charge in [-0.25, -0.2) is 0 Å². The van der Waals surface area contributed by atoms with Crippen molar-refractivity contribution in [2.45, 2.75) is 26.1 Å². The van der Waals surface area contributed by atoms with Crippen LogP contribution in [0.4, 0.5) is 0 Å². The first-order chi connectivity index (χ1) is 12.0. The fourth-order valence-corrected chi connectivity index (χ4v) is 4.30. The summed E-state index contributed by atoms with van der Waals surface area (Å²) in [5, 5.41) is 9.30. The molecule has 5 heteroatoms. The second kappa shape index (κ2) is 7.28. The van der Waals surface area contributed by atoms with Crippen molar-refractivity contribution in [2.75, 3.05) is 12.3 Å². The number of hydrogen-bond donors (Lipinski definition) is 0. The summed E-state index contributed by atoms with van der Waals surface area (Å²) >= 11 is 1.65. The first-order valence-electron chi connectivity index (χ1n) is 8.37. The van der Waals surface area contributed by atoms with Crippen LogP contribution in [0.1, 0.15) is 35.9 Å². The number of amides is 1. The molecule has 1 atom stereocenters. The van der Waals surface area contributed by atoms with E-state index in [1.807, 2.05) is 42.3 Å². The Morgan fingerprint density at radius 3 is 2.92 bits per heavy atom. The Bertz CT molecular complexity index is 841. The highest BCUT2D eigenvalue weighted by Crippen LogP contribution is 2.42. The highest BCUT2D eigenvalue weighted by molar-refractivity contribution is 8.00. The third-order valence-corrected chi connectivity index (χ3v) is 5.55. The van der Waals surface area contributed by atoms with Crippen molar-refractivity contribution in [2.24, 2.45) is 5.92 Å². The SMILES string of the molecule is Cc1ccc(-c2ccncc2C2SCC(=O)N2CC(C)C)cc1C#N. The molecule has 2 aromatic rings. The molecule has 3 rings (SSSR count). The smallest absolute Gasteiger partial charge is 0.233 e. The van der Waals surface area contributed by atoms with E-state index < -0.39 is 0 Å². The van der Waals surface area contributed by atoms with Crippen molar-refractivity contribution in [3.05, 3.63) is 53.3 Å². The van der Waals surface area contributed by atoms with Crippen LogP contribution in [0.2, 0.25) is 0 Å². The quantitative estimate of drug-likeness (QED) is 0.830. The largest absolute Gasteiger partial charge is 0.325 e. The van der Waals surface area contributed by atoms with Gasteiger partial charge < -0.3 is 4.90 Å². The zero-order valence-corrected chi connectivity index (χ0v) is 15.5. The number of carbonyl (C=O) groups is 1. The van der Waals surface area contributed by atoms with Crippen molar-refractivity contribution >= 4 is 17.7 Å². The van der Waals surface area contributed by atoms with Gasteiger partial charge in [-0.15, -0.1) is 11.8 Å². The molecule has 25 heavy (non-hydrogen) atoms. The van der Waals surface area contributed by atoms with Crippen LogP contribution in [0, 0.1) is 24.2 Å². The molecule has 4 nitrogen and oxygen atoms in total. The lowest BCUT2D eigenvalue weighted by Crippen LogP contribution is -2.31. The highest BCUT2D eigenvalue weighted by atomic mass is 32.2. The van der Waals surface area contributed by atoms with Crippen molar-refractivity contribution in [3.8, 4) is 17.2 Å². The summed E-state index contributed by atoms with van der Waals surface area (Å²) in [6.45, 7) is 6.92. The molecule has 1 amide bonds. The summed E-state index contributed by atoms with van der Waals surface area (Å²) in [5.74, 6) is 1.10. The average molecular weight is 351 g/mol. The molecule has 0 spiro atoms. The number of thioether (sulfide) groups is 1. The van der Waals surface area contributed by atoms with Gasteiger partial charge >= 0.3 is 0 Å². The van der Waals surface area contributed by atoms with Gasteiger partial charge in [-0.2, -0.15) is 5.26 Å². The molecule has 0 radical (unpaired) electrons. The molecule has 0 N–H and O–H groups in total. The lowest BCUT2D eigenvalue weighted by molar-refractivity contribution is -0.128. The molecular weight excluding hydrogens is 330 g/mol. The Balaban J connectivity index is 2.05. The molecule has 1 aromatic heterocycles. The standard InChI is InChI=1S/C20H21N3OS/c1-13(2)11-23-19(24)12-25-20(23)18-10-22-7-6-17(18)15-5-4-14(3)16(8-15)9-21/h4-8,10,13,20H,11-12H2,1-3H3. The Labute approximate surface area is 152 Å². The van der Waals surface area contributed by atoms with E-state index in [2.05, 4.69) is 24.9 Å². The van der Waals surface area contributed by atoms with Crippen molar-refractivity contribution in [3.63, 3.8) is 0 Å². The number of hydrogen-bond acceptors (Lipinski definition) is 4. The van der Waals surface area contributed by atoms with Crippen molar-refractivity contribution in [1.29, 1.82) is 5.26 Å². The van der Waals surface area contributed by atoms with Gasteiger partial charge in [0.15, 0.2) is 0 Å². The molecule has 128 valence electrons. The van der Waals surface area contributed by atoms with Gasteiger partial charge in [0, 0.05) is 24.5 Å². The average Bonchev–Trinajstić information content (AvgIpc) is 2.95. The van der Waals surface area contributed by atoms with E-state index >= 15 is 0 Å². The predicted molar refractivity (Wildman–Crippen MR) is 101 cm³/mol. The molecule has 1 aliphatic rings. The fourth-order valence-electron chi connectivity index (χ4n) is 3.08. The van der Waals surface area contributed by atoms with E-state index in [1.54, 1.807) is 18.0 Å². The Morgan fingerprint density at radius 1 is 1.40 bits per heavy atom. The van der Waals surface area contributed by atoms with Crippen LogP contribution in [0.15, 0.2) is 36.7 Å². The van der Waals surface area contributed by atoms with Gasteiger partial charge in [0.2, 0.25) is 5.91 Å². The van der Waals surface area contributed by atoms with Gasteiger partial charge in [0.05, 0.1) is 17.4 Å². The number of nitriles is 1. The third kappa shape index (κ3) is 3.54. The molecule has 0 bridgehead atoms. The van der Waals surface area contributed by atoms with Gasteiger partial charge in [-0.3, -0.25) is 9.78 Å². The third-order valence-electron chi connectivity index (χ3n) is 4.32. The second-order valence-electron chi connectivity index (χ2n) is 6.71. The summed E-state index contributed by atoms with van der Waals surface area (Å²) in [5.41, 5.74) is 4.70. The molecule has 1 unspecified atom stereocenters. The van der Waals surface area contributed by atoms with E-state index in [0.29, 0.717) is 17.2 Å². The maximum Gasteiger partial charge on any atom is 0.233 e. The summed E-state index contributed by atoms with van der Waals surface area (Å²) in [6, 6.07) is 10.1. The van der Waals surface area contributed by atoms with Crippen LogP contribution in [-0.2, 0) is 4.79 Å². The molecular formula is C20H21N3OS. The molecule has 1 saturated heterocycles.